The Morgan fingerprint density at radius 1 is 0.576 bits per heavy atom. The van der Waals surface area contributed by atoms with E-state index in [0.717, 1.165) is 11.1 Å². The van der Waals surface area contributed by atoms with Crippen molar-refractivity contribution in [3.05, 3.63) is 57.6 Å². The van der Waals surface area contributed by atoms with Crippen LogP contribution in [0.1, 0.15) is 122 Å². The molecule has 0 atom stereocenters. The van der Waals surface area contributed by atoms with Crippen molar-refractivity contribution < 1.29 is 47.1 Å². The van der Waals surface area contributed by atoms with Crippen molar-refractivity contribution in [1.82, 2.24) is 0 Å². The molecule has 2 aromatic rings. The molecular formula is C26H32MnO6-4. The summed E-state index contributed by atoms with van der Waals surface area (Å²) in [4.78, 5) is 21.7. The van der Waals surface area contributed by atoms with E-state index >= 15 is 0 Å². The molecule has 2 rings (SSSR count). The van der Waals surface area contributed by atoms with Crippen LogP contribution < -0.4 is 20.4 Å². The summed E-state index contributed by atoms with van der Waals surface area (Å²) in [5.41, 5.74) is 2.37. The van der Waals surface area contributed by atoms with Crippen LogP contribution in [0.3, 0.4) is 0 Å². The summed E-state index contributed by atoms with van der Waals surface area (Å²) in [5, 5.41) is 45.3. The van der Waals surface area contributed by atoms with Crippen LogP contribution in [0.2, 0.25) is 0 Å². The molecule has 33 heavy (non-hydrogen) atoms. The monoisotopic (exact) mass is 495 g/mol. The second-order valence-electron chi connectivity index (χ2n) is 9.17. The number of rotatable bonds is 6. The molecule has 183 valence electrons. The van der Waals surface area contributed by atoms with Crippen LogP contribution in [0.5, 0.6) is 11.5 Å². The van der Waals surface area contributed by atoms with Crippen molar-refractivity contribution in [1.29, 1.82) is 0 Å². The quantitative estimate of drug-likeness (QED) is 0.567. The van der Waals surface area contributed by atoms with E-state index in [-0.39, 0.29) is 51.9 Å². The van der Waals surface area contributed by atoms with Gasteiger partial charge in [-0.05, 0) is 45.9 Å². The molecule has 0 heterocycles. The average molecular weight is 495 g/mol. The molecule has 0 saturated heterocycles. The van der Waals surface area contributed by atoms with E-state index in [9.17, 15) is 30.0 Å². The molecule has 0 aromatic heterocycles. The average Bonchev–Trinajstić information content (AvgIpc) is 2.67. The molecule has 0 aliphatic rings. The Balaban J connectivity index is 0.000000602. The number of hydrogen-bond donors (Lipinski definition) is 0. The van der Waals surface area contributed by atoms with E-state index in [4.69, 9.17) is 0 Å². The molecule has 0 spiro atoms. The minimum atomic E-state index is -1.39. The topological polar surface area (TPSA) is 126 Å². The van der Waals surface area contributed by atoms with Crippen molar-refractivity contribution in [2.75, 3.05) is 0 Å². The van der Waals surface area contributed by atoms with Crippen LogP contribution in [0.4, 0.5) is 0 Å². The van der Waals surface area contributed by atoms with Crippen LogP contribution in [-0.2, 0) is 17.1 Å². The molecule has 0 fully saturated rings. The molecule has 0 bridgehead atoms. The Hall–Kier alpha value is -2.50. The normalized spacial score (nSPS) is 10.8. The molecule has 6 nitrogen and oxygen atoms in total. The second-order valence-corrected chi connectivity index (χ2v) is 9.17. The number of carbonyl (C=O) groups is 2. The summed E-state index contributed by atoms with van der Waals surface area (Å²) in [5.74, 6) is -3.21. The minimum Gasteiger partial charge on any atom is -0.872 e. The third-order valence-electron chi connectivity index (χ3n) is 5.30. The SMILES string of the molecule is CC(C)c1cc(C(=O)[O-])c([O-])c(C(C)C)c1.CC(C)c1cc(C(=O)[O-])c([O-])c(C(C)C)c1.[Mn]. The second kappa shape index (κ2) is 12.7. The number of aromatic carboxylic acids is 2. The summed E-state index contributed by atoms with van der Waals surface area (Å²) in [6, 6.07) is 6.44. The maximum absolute atomic E-state index is 11.8. The van der Waals surface area contributed by atoms with Gasteiger partial charge in [-0.2, -0.15) is 0 Å². The molecule has 0 aliphatic heterocycles. The zero-order chi connectivity index (χ0) is 24.9. The molecular weight excluding hydrogens is 463 g/mol. The zero-order valence-corrected chi connectivity index (χ0v) is 21.6. The van der Waals surface area contributed by atoms with E-state index in [1.54, 1.807) is 12.1 Å². The van der Waals surface area contributed by atoms with Gasteiger partial charge in [0.2, 0.25) is 0 Å². The first-order valence-electron chi connectivity index (χ1n) is 10.8. The maximum atomic E-state index is 11.8. The Morgan fingerprint density at radius 2 is 0.848 bits per heavy atom. The van der Waals surface area contributed by atoms with Crippen molar-refractivity contribution in [3.8, 4) is 11.5 Å². The molecule has 1 radical (unpaired) electrons. The number of carboxylic acid groups (broad SMARTS) is 2. The van der Waals surface area contributed by atoms with E-state index in [1.807, 2.05) is 55.4 Å². The fourth-order valence-corrected chi connectivity index (χ4v) is 3.18. The smallest absolute Gasteiger partial charge is 0.0709 e. The van der Waals surface area contributed by atoms with E-state index in [2.05, 4.69) is 0 Å². The first kappa shape index (κ1) is 30.5. The molecule has 0 unspecified atom stereocenters. The fourth-order valence-electron chi connectivity index (χ4n) is 3.18. The number of carboxylic acids is 2. The van der Waals surface area contributed by atoms with Gasteiger partial charge in [0.1, 0.15) is 0 Å². The van der Waals surface area contributed by atoms with Crippen LogP contribution in [0.25, 0.3) is 0 Å². The van der Waals surface area contributed by atoms with Gasteiger partial charge in [0, 0.05) is 17.1 Å². The predicted molar refractivity (Wildman–Crippen MR) is 117 cm³/mol. The van der Waals surface area contributed by atoms with Crippen LogP contribution in [0, 0.1) is 0 Å². The summed E-state index contributed by atoms with van der Waals surface area (Å²) in [7, 11) is 0. The first-order chi connectivity index (χ1) is 14.7. The maximum Gasteiger partial charge on any atom is 0.0709 e. The Morgan fingerprint density at radius 3 is 1.03 bits per heavy atom. The van der Waals surface area contributed by atoms with Crippen molar-refractivity contribution in [3.63, 3.8) is 0 Å². The first-order valence-corrected chi connectivity index (χ1v) is 10.8. The van der Waals surface area contributed by atoms with Gasteiger partial charge in [-0.25, -0.2) is 0 Å². The van der Waals surface area contributed by atoms with Gasteiger partial charge in [0.25, 0.3) is 0 Å². The third kappa shape index (κ3) is 7.79. The third-order valence-corrected chi connectivity index (χ3v) is 5.30. The predicted octanol–water partition coefficient (Wildman–Crippen LogP) is 2.74. The number of benzene rings is 2. The van der Waals surface area contributed by atoms with Crippen molar-refractivity contribution in [2.45, 2.75) is 79.1 Å². The standard InChI is InChI=1S/2C13H18O3.Mn/c2*1-7(2)9-5-10(8(3)4)12(14)11(6-9)13(15)16;/h2*5-8,14H,1-4H3,(H,15,16);/p-4. The van der Waals surface area contributed by atoms with Gasteiger partial charge in [0.15, 0.2) is 0 Å². The molecule has 7 heteroatoms. The van der Waals surface area contributed by atoms with Gasteiger partial charge >= 0.3 is 0 Å². The summed E-state index contributed by atoms with van der Waals surface area (Å²) in [6.45, 7) is 15.3. The van der Waals surface area contributed by atoms with Crippen LogP contribution >= 0.6 is 0 Å². The van der Waals surface area contributed by atoms with E-state index < -0.39 is 23.4 Å². The number of carbonyl (C=O) groups excluding carboxylic acids is 2. The molecule has 0 saturated carbocycles. The Kier molecular flexibility index (Phi) is 11.7. The summed E-state index contributed by atoms with van der Waals surface area (Å²) < 4.78 is 0. The van der Waals surface area contributed by atoms with Gasteiger partial charge < -0.3 is 30.0 Å². The van der Waals surface area contributed by atoms with Crippen molar-refractivity contribution >= 4 is 11.9 Å². The molecule has 0 amide bonds. The summed E-state index contributed by atoms with van der Waals surface area (Å²) in [6.07, 6.45) is 0. The van der Waals surface area contributed by atoms with Gasteiger partial charge in [0.05, 0.1) is 11.9 Å². The number of hydrogen-bond acceptors (Lipinski definition) is 6. The molecule has 0 N–H and O–H groups in total. The molecule has 0 aliphatic carbocycles. The largest absolute Gasteiger partial charge is 0.872 e. The fraction of sp³-hybridized carbons (Fsp3) is 0.462. The Bertz CT molecular complexity index is 898. The van der Waals surface area contributed by atoms with Crippen LogP contribution in [-0.4, -0.2) is 11.9 Å². The Labute approximate surface area is 207 Å². The van der Waals surface area contributed by atoms with Gasteiger partial charge in [-0.1, -0.05) is 102 Å². The van der Waals surface area contributed by atoms with Crippen LogP contribution in [0.15, 0.2) is 24.3 Å². The summed E-state index contributed by atoms with van der Waals surface area (Å²) >= 11 is 0. The van der Waals surface area contributed by atoms with Gasteiger partial charge in [-0.3, -0.25) is 0 Å². The zero-order valence-electron chi connectivity index (χ0n) is 20.4. The van der Waals surface area contributed by atoms with Gasteiger partial charge in [-0.15, -0.1) is 0 Å². The molecule has 2 aromatic carbocycles. The minimum absolute atomic E-state index is 0. The van der Waals surface area contributed by atoms with E-state index in [1.165, 1.54) is 12.1 Å². The van der Waals surface area contributed by atoms with E-state index in [0.29, 0.717) is 11.1 Å². The van der Waals surface area contributed by atoms with Crippen molar-refractivity contribution in [2.24, 2.45) is 0 Å².